The molecule has 1 aromatic carbocycles. The van der Waals surface area contributed by atoms with Gasteiger partial charge in [0.15, 0.2) is 0 Å². The molecular weight excluding hydrogens is 244 g/mol. The van der Waals surface area contributed by atoms with Crippen molar-refractivity contribution in [2.75, 3.05) is 0 Å². The minimum atomic E-state index is -0.272. The monoisotopic (exact) mass is 252 g/mol. The van der Waals surface area contributed by atoms with E-state index in [1.165, 1.54) is 0 Å². The number of fused-ring (bicyclic) bond motifs is 1. The Morgan fingerprint density at radius 1 is 1.43 bits per heavy atom. The van der Waals surface area contributed by atoms with Gasteiger partial charge in [-0.25, -0.2) is 0 Å². The third kappa shape index (κ3) is 1.48. The zero-order valence-corrected chi connectivity index (χ0v) is 9.24. The maximum absolute atomic E-state index is 11.2. The minimum absolute atomic E-state index is 0.0801. The second-order valence-electron chi connectivity index (χ2n) is 3.16. The van der Waals surface area contributed by atoms with Gasteiger partial charge < -0.3 is 4.42 Å². The van der Waals surface area contributed by atoms with Crippen molar-refractivity contribution < 1.29 is 9.21 Å². The van der Waals surface area contributed by atoms with Crippen molar-refractivity contribution in [2.24, 2.45) is 0 Å². The summed E-state index contributed by atoms with van der Waals surface area (Å²) in [6.45, 7) is 1.56. The highest BCUT2D eigenvalue weighted by Crippen LogP contribution is 2.31. The Kier molecular flexibility index (Phi) is 2.42. The fourth-order valence-electron chi connectivity index (χ4n) is 1.41. The standard InChI is InChI=1S/C11H9BrO2/c1-7(13)11(12)9-6-14-10-5-3-2-4-8(9)10/h2-6,11H,1H3. The highest BCUT2D eigenvalue weighted by Gasteiger charge is 2.17. The molecule has 0 aliphatic carbocycles. The number of carbonyl (C=O) groups is 1. The van der Waals surface area contributed by atoms with E-state index in [2.05, 4.69) is 15.9 Å². The fourth-order valence-corrected chi connectivity index (χ4v) is 1.77. The van der Waals surface area contributed by atoms with Crippen molar-refractivity contribution in [1.29, 1.82) is 0 Å². The van der Waals surface area contributed by atoms with Crippen LogP contribution in [0.5, 0.6) is 0 Å². The summed E-state index contributed by atoms with van der Waals surface area (Å²) < 4.78 is 5.34. The summed E-state index contributed by atoms with van der Waals surface area (Å²) in [5, 5.41) is 0.990. The molecule has 0 aliphatic heterocycles. The Morgan fingerprint density at radius 2 is 2.14 bits per heavy atom. The Labute approximate surface area is 90.0 Å². The molecule has 0 N–H and O–H groups in total. The van der Waals surface area contributed by atoms with Crippen molar-refractivity contribution in [3.63, 3.8) is 0 Å². The van der Waals surface area contributed by atoms with E-state index in [1.54, 1.807) is 13.2 Å². The largest absolute Gasteiger partial charge is 0.464 e. The number of halogens is 1. The molecular formula is C11H9BrO2. The van der Waals surface area contributed by atoms with Crippen LogP contribution in [0, 0.1) is 0 Å². The highest BCUT2D eigenvalue weighted by atomic mass is 79.9. The Bertz CT molecular complexity index is 473. The number of hydrogen-bond donors (Lipinski definition) is 0. The van der Waals surface area contributed by atoms with E-state index in [-0.39, 0.29) is 10.6 Å². The lowest BCUT2D eigenvalue weighted by atomic mass is 10.1. The van der Waals surface area contributed by atoms with Crippen LogP contribution in [0.4, 0.5) is 0 Å². The van der Waals surface area contributed by atoms with Crippen molar-refractivity contribution >= 4 is 32.7 Å². The topological polar surface area (TPSA) is 30.2 Å². The first kappa shape index (κ1) is 9.46. The van der Waals surface area contributed by atoms with Crippen LogP contribution in [0.3, 0.4) is 0 Å². The molecule has 1 aromatic heterocycles. The molecule has 2 aromatic rings. The molecule has 14 heavy (non-hydrogen) atoms. The number of alkyl halides is 1. The Hall–Kier alpha value is -1.09. The van der Waals surface area contributed by atoms with Crippen LogP contribution in [-0.4, -0.2) is 5.78 Å². The van der Waals surface area contributed by atoms with E-state index >= 15 is 0 Å². The molecule has 2 rings (SSSR count). The minimum Gasteiger partial charge on any atom is -0.464 e. The molecule has 1 atom stereocenters. The van der Waals surface area contributed by atoms with Crippen molar-refractivity contribution in [2.45, 2.75) is 11.8 Å². The average molecular weight is 253 g/mol. The van der Waals surface area contributed by atoms with Crippen LogP contribution in [0.1, 0.15) is 17.3 Å². The van der Waals surface area contributed by atoms with Gasteiger partial charge in [-0.05, 0) is 13.0 Å². The third-order valence-electron chi connectivity index (χ3n) is 2.14. The summed E-state index contributed by atoms with van der Waals surface area (Å²) in [5.41, 5.74) is 1.71. The zero-order chi connectivity index (χ0) is 10.1. The fraction of sp³-hybridized carbons (Fsp3) is 0.182. The van der Waals surface area contributed by atoms with Gasteiger partial charge in [-0.3, -0.25) is 4.79 Å². The van der Waals surface area contributed by atoms with E-state index in [9.17, 15) is 4.79 Å². The van der Waals surface area contributed by atoms with E-state index in [4.69, 9.17) is 4.42 Å². The first-order chi connectivity index (χ1) is 6.70. The van der Waals surface area contributed by atoms with E-state index in [0.717, 1.165) is 16.5 Å². The molecule has 0 saturated heterocycles. The number of carbonyl (C=O) groups excluding carboxylic acids is 1. The molecule has 1 unspecified atom stereocenters. The van der Waals surface area contributed by atoms with E-state index in [1.807, 2.05) is 24.3 Å². The van der Waals surface area contributed by atoms with Gasteiger partial charge >= 0.3 is 0 Å². The number of rotatable bonds is 2. The molecule has 0 fully saturated rings. The van der Waals surface area contributed by atoms with Gasteiger partial charge in [0, 0.05) is 10.9 Å². The van der Waals surface area contributed by atoms with Crippen molar-refractivity contribution in [3.8, 4) is 0 Å². The molecule has 0 saturated carbocycles. The molecule has 0 bridgehead atoms. The van der Waals surface area contributed by atoms with Crippen molar-refractivity contribution in [3.05, 3.63) is 36.1 Å². The molecule has 1 heterocycles. The van der Waals surface area contributed by atoms with Gasteiger partial charge in [0.1, 0.15) is 16.2 Å². The number of furan rings is 1. The Morgan fingerprint density at radius 3 is 2.86 bits per heavy atom. The number of benzene rings is 1. The highest BCUT2D eigenvalue weighted by molar-refractivity contribution is 9.09. The molecule has 0 radical (unpaired) electrons. The number of Topliss-reactive ketones (excluding diaryl/α,β-unsaturated/α-hetero) is 1. The quantitative estimate of drug-likeness (QED) is 0.767. The van der Waals surface area contributed by atoms with Gasteiger partial charge in [0.2, 0.25) is 0 Å². The molecule has 2 nitrogen and oxygen atoms in total. The first-order valence-electron chi connectivity index (χ1n) is 4.31. The maximum atomic E-state index is 11.2. The van der Waals surface area contributed by atoms with Crippen LogP contribution in [0.25, 0.3) is 11.0 Å². The molecule has 0 aliphatic rings. The molecule has 72 valence electrons. The number of ketones is 1. The first-order valence-corrected chi connectivity index (χ1v) is 5.22. The smallest absolute Gasteiger partial charge is 0.147 e. The molecule has 0 spiro atoms. The number of hydrogen-bond acceptors (Lipinski definition) is 2. The van der Waals surface area contributed by atoms with Crippen LogP contribution < -0.4 is 0 Å². The van der Waals surface area contributed by atoms with Gasteiger partial charge in [-0.1, -0.05) is 34.1 Å². The van der Waals surface area contributed by atoms with Crippen LogP contribution in [0.2, 0.25) is 0 Å². The predicted molar refractivity (Wildman–Crippen MR) is 58.6 cm³/mol. The van der Waals surface area contributed by atoms with E-state index in [0.29, 0.717) is 0 Å². The summed E-state index contributed by atoms with van der Waals surface area (Å²) in [6.07, 6.45) is 1.63. The van der Waals surface area contributed by atoms with Gasteiger partial charge in [-0.15, -0.1) is 0 Å². The van der Waals surface area contributed by atoms with Crippen LogP contribution in [0.15, 0.2) is 34.9 Å². The van der Waals surface area contributed by atoms with E-state index < -0.39 is 0 Å². The SMILES string of the molecule is CC(=O)C(Br)c1coc2ccccc12. The lowest BCUT2D eigenvalue weighted by Gasteiger charge is -2.01. The van der Waals surface area contributed by atoms with Crippen LogP contribution >= 0.6 is 15.9 Å². The van der Waals surface area contributed by atoms with Crippen LogP contribution in [-0.2, 0) is 4.79 Å². The summed E-state index contributed by atoms with van der Waals surface area (Å²) in [6, 6.07) is 7.68. The predicted octanol–water partition coefficient (Wildman–Crippen LogP) is 3.46. The summed E-state index contributed by atoms with van der Waals surface area (Å²) in [5.74, 6) is 0.0801. The normalized spacial score (nSPS) is 13.0. The van der Waals surface area contributed by atoms with Gasteiger partial charge in [0.05, 0.1) is 6.26 Å². The summed E-state index contributed by atoms with van der Waals surface area (Å²) in [4.78, 5) is 10.9. The summed E-state index contributed by atoms with van der Waals surface area (Å²) in [7, 11) is 0. The molecule has 0 amide bonds. The summed E-state index contributed by atoms with van der Waals surface area (Å²) >= 11 is 3.34. The lowest BCUT2D eigenvalue weighted by molar-refractivity contribution is -0.116. The average Bonchev–Trinajstić information content (AvgIpc) is 2.60. The van der Waals surface area contributed by atoms with Gasteiger partial charge in [0.25, 0.3) is 0 Å². The second-order valence-corrected chi connectivity index (χ2v) is 4.08. The zero-order valence-electron chi connectivity index (χ0n) is 7.66. The third-order valence-corrected chi connectivity index (χ3v) is 3.28. The maximum Gasteiger partial charge on any atom is 0.147 e. The second kappa shape index (κ2) is 3.58. The van der Waals surface area contributed by atoms with Gasteiger partial charge in [-0.2, -0.15) is 0 Å². The van der Waals surface area contributed by atoms with Crippen molar-refractivity contribution in [1.82, 2.24) is 0 Å². The Balaban J connectivity index is 2.58. The lowest BCUT2D eigenvalue weighted by Crippen LogP contribution is -1.99. The molecule has 3 heteroatoms. The number of para-hydroxylation sites is 1.